The molecule has 0 unspecified atom stereocenters. The topological polar surface area (TPSA) is 37.8 Å². The Labute approximate surface area is 105 Å². The highest BCUT2D eigenvalue weighted by molar-refractivity contribution is 5.32. The Balaban J connectivity index is 1.96. The lowest BCUT2D eigenvalue weighted by Gasteiger charge is -2.18. The molecular formula is C14H14FN3. The fourth-order valence-corrected chi connectivity index (χ4v) is 2.30. The first-order valence-electron chi connectivity index (χ1n) is 6.10. The maximum atomic E-state index is 13.6. The van der Waals surface area contributed by atoms with Crippen molar-refractivity contribution >= 4 is 0 Å². The number of nitrogens with zero attached hydrogens (tertiary/aromatic N) is 2. The van der Waals surface area contributed by atoms with Crippen molar-refractivity contribution in [1.29, 1.82) is 0 Å². The van der Waals surface area contributed by atoms with Gasteiger partial charge < -0.3 is 5.32 Å². The second kappa shape index (κ2) is 4.82. The van der Waals surface area contributed by atoms with E-state index in [0.29, 0.717) is 12.0 Å². The van der Waals surface area contributed by atoms with E-state index in [0.717, 1.165) is 36.5 Å². The van der Waals surface area contributed by atoms with E-state index < -0.39 is 0 Å². The first-order chi connectivity index (χ1) is 8.84. The molecule has 1 aliphatic rings. The van der Waals surface area contributed by atoms with Crippen LogP contribution >= 0.6 is 0 Å². The van der Waals surface area contributed by atoms with Gasteiger partial charge in [-0.05, 0) is 11.6 Å². The molecule has 0 aliphatic carbocycles. The van der Waals surface area contributed by atoms with Crippen molar-refractivity contribution in [2.75, 3.05) is 6.54 Å². The van der Waals surface area contributed by atoms with Gasteiger partial charge in [-0.3, -0.25) is 0 Å². The molecule has 0 spiro atoms. The van der Waals surface area contributed by atoms with Gasteiger partial charge in [-0.2, -0.15) is 0 Å². The predicted octanol–water partition coefficient (Wildman–Crippen LogP) is 1.85. The second-order valence-corrected chi connectivity index (χ2v) is 4.44. The molecule has 0 atom stereocenters. The van der Waals surface area contributed by atoms with Crippen LogP contribution in [0.3, 0.4) is 0 Å². The quantitative estimate of drug-likeness (QED) is 0.874. The average Bonchev–Trinajstić information content (AvgIpc) is 2.42. The third-order valence-electron chi connectivity index (χ3n) is 3.28. The van der Waals surface area contributed by atoms with Gasteiger partial charge >= 0.3 is 0 Å². The fraction of sp³-hybridized carbons (Fsp3) is 0.286. The summed E-state index contributed by atoms with van der Waals surface area (Å²) in [6.45, 7) is 1.73. The lowest BCUT2D eigenvalue weighted by molar-refractivity contribution is 0.603. The zero-order valence-electron chi connectivity index (χ0n) is 9.99. The van der Waals surface area contributed by atoms with Gasteiger partial charge in [0.2, 0.25) is 0 Å². The van der Waals surface area contributed by atoms with E-state index in [1.165, 1.54) is 6.07 Å². The summed E-state index contributed by atoms with van der Waals surface area (Å²) in [6.07, 6.45) is 3.03. The molecule has 3 nitrogen and oxygen atoms in total. The van der Waals surface area contributed by atoms with Crippen LogP contribution in [0.2, 0.25) is 0 Å². The largest absolute Gasteiger partial charge is 0.312 e. The highest BCUT2D eigenvalue weighted by atomic mass is 19.1. The van der Waals surface area contributed by atoms with Crippen LogP contribution in [0.25, 0.3) is 0 Å². The zero-order valence-corrected chi connectivity index (χ0v) is 9.99. The summed E-state index contributed by atoms with van der Waals surface area (Å²) in [5, 5.41) is 3.31. The minimum Gasteiger partial charge on any atom is -0.312 e. The van der Waals surface area contributed by atoms with Crippen LogP contribution in [0.15, 0.2) is 30.6 Å². The van der Waals surface area contributed by atoms with E-state index in [9.17, 15) is 4.39 Å². The van der Waals surface area contributed by atoms with Gasteiger partial charge in [0, 0.05) is 37.2 Å². The maximum Gasteiger partial charge on any atom is 0.126 e. The smallest absolute Gasteiger partial charge is 0.126 e. The summed E-state index contributed by atoms with van der Waals surface area (Å²) >= 11 is 0. The number of nitrogens with one attached hydrogen (secondary N) is 1. The van der Waals surface area contributed by atoms with Crippen molar-refractivity contribution < 1.29 is 4.39 Å². The molecule has 1 aromatic heterocycles. The molecule has 18 heavy (non-hydrogen) atoms. The van der Waals surface area contributed by atoms with Gasteiger partial charge in [-0.25, -0.2) is 14.4 Å². The van der Waals surface area contributed by atoms with Crippen LogP contribution in [-0.4, -0.2) is 16.5 Å². The lowest BCUT2D eigenvalue weighted by Crippen LogP contribution is -2.26. The van der Waals surface area contributed by atoms with Gasteiger partial charge in [-0.1, -0.05) is 18.2 Å². The molecule has 0 radical (unpaired) electrons. The zero-order chi connectivity index (χ0) is 12.4. The van der Waals surface area contributed by atoms with E-state index in [1.54, 1.807) is 18.5 Å². The summed E-state index contributed by atoms with van der Waals surface area (Å²) in [5.41, 5.74) is 3.84. The normalized spacial score (nSPS) is 14.3. The molecule has 0 bridgehead atoms. The monoisotopic (exact) mass is 243 g/mol. The third kappa shape index (κ3) is 2.11. The molecule has 0 saturated heterocycles. The fourth-order valence-electron chi connectivity index (χ4n) is 2.30. The minimum atomic E-state index is -0.173. The molecule has 1 aromatic carbocycles. The molecule has 0 fully saturated rings. The van der Waals surface area contributed by atoms with Gasteiger partial charge in [0.15, 0.2) is 0 Å². The first kappa shape index (κ1) is 11.3. The molecule has 1 N–H and O–H groups in total. The van der Waals surface area contributed by atoms with Crippen LogP contribution in [0, 0.1) is 5.82 Å². The minimum absolute atomic E-state index is 0.173. The Hall–Kier alpha value is -1.81. The Morgan fingerprint density at radius 2 is 2.11 bits per heavy atom. The highest BCUT2D eigenvalue weighted by Crippen LogP contribution is 2.18. The average molecular weight is 243 g/mol. The highest BCUT2D eigenvalue weighted by Gasteiger charge is 2.15. The third-order valence-corrected chi connectivity index (χ3v) is 3.28. The molecule has 4 heteroatoms. The lowest BCUT2D eigenvalue weighted by atomic mass is 10.0. The summed E-state index contributed by atoms with van der Waals surface area (Å²) in [6, 6.07) is 6.85. The van der Waals surface area contributed by atoms with Crippen molar-refractivity contribution in [3.8, 4) is 0 Å². The Kier molecular flexibility index (Phi) is 3.02. The molecule has 0 saturated carbocycles. The van der Waals surface area contributed by atoms with E-state index >= 15 is 0 Å². The summed E-state index contributed by atoms with van der Waals surface area (Å²) in [7, 11) is 0. The van der Waals surface area contributed by atoms with Crippen LogP contribution in [0.1, 0.15) is 22.5 Å². The molecule has 2 aromatic rings. The standard InChI is InChI=1S/C14H14FN3/c15-12-4-2-1-3-10(12)7-14-11-8-16-6-5-13(11)17-9-18-14/h1-4,9,16H,5-8H2. The van der Waals surface area contributed by atoms with Gasteiger partial charge in [0.05, 0.1) is 5.69 Å². The van der Waals surface area contributed by atoms with Crippen LogP contribution in [-0.2, 0) is 19.4 Å². The van der Waals surface area contributed by atoms with Gasteiger partial charge in [-0.15, -0.1) is 0 Å². The SMILES string of the molecule is Fc1ccccc1Cc1ncnc2c1CNCC2. The van der Waals surface area contributed by atoms with E-state index in [-0.39, 0.29) is 5.82 Å². The molecular weight excluding hydrogens is 229 g/mol. The van der Waals surface area contributed by atoms with Crippen molar-refractivity contribution in [3.63, 3.8) is 0 Å². The maximum absolute atomic E-state index is 13.6. The summed E-state index contributed by atoms with van der Waals surface area (Å²) < 4.78 is 13.6. The second-order valence-electron chi connectivity index (χ2n) is 4.44. The Morgan fingerprint density at radius 1 is 1.22 bits per heavy atom. The van der Waals surface area contributed by atoms with Crippen molar-refractivity contribution in [1.82, 2.24) is 15.3 Å². The van der Waals surface area contributed by atoms with E-state index in [1.807, 2.05) is 6.07 Å². The molecule has 92 valence electrons. The number of benzene rings is 1. The van der Waals surface area contributed by atoms with Crippen molar-refractivity contribution in [2.45, 2.75) is 19.4 Å². The number of halogens is 1. The number of fused-ring (bicyclic) bond motifs is 1. The number of hydrogen-bond acceptors (Lipinski definition) is 3. The molecule has 2 heterocycles. The van der Waals surface area contributed by atoms with Gasteiger partial charge in [0.25, 0.3) is 0 Å². The first-order valence-corrected chi connectivity index (χ1v) is 6.10. The number of aromatic nitrogens is 2. The van der Waals surface area contributed by atoms with E-state index in [2.05, 4.69) is 15.3 Å². The van der Waals surface area contributed by atoms with Crippen LogP contribution in [0.5, 0.6) is 0 Å². The number of hydrogen-bond donors (Lipinski definition) is 1. The van der Waals surface area contributed by atoms with E-state index in [4.69, 9.17) is 0 Å². The molecule has 1 aliphatic heterocycles. The van der Waals surface area contributed by atoms with Gasteiger partial charge in [0.1, 0.15) is 12.1 Å². The Bertz CT molecular complexity index is 569. The summed E-state index contributed by atoms with van der Waals surface area (Å²) in [4.78, 5) is 8.61. The number of rotatable bonds is 2. The molecule has 0 amide bonds. The molecule has 3 rings (SSSR count). The van der Waals surface area contributed by atoms with Crippen molar-refractivity contribution in [2.24, 2.45) is 0 Å². The predicted molar refractivity (Wildman–Crippen MR) is 66.6 cm³/mol. The summed E-state index contributed by atoms with van der Waals surface area (Å²) in [5.74, 6) is -0.173. The Morgan fingerprint density at radius 3 is 3.00 bits per heavy atom. The van der Waals surface area contributed by atoms with Crippen LogP contribution < -0.4 is 5.32 Å². The van der Waals surface area contributed by atoms with Crippen molar-refractivity contribution in [3.05, 3.63) is 58.9 Å². The van der Waals surface area contributed by atoms with Crippen LogP contribution in [0.4, 0.5) is 4.39 Å².